The molecular weight excluding hydrogens is 645 g/mol. The molecule has 1 aliphatic carbocycles. The first-order valence-corrected chi connectivity index (χ1v) is 18.0. The maximum atomic E-state index is 5.40. The van der Waals surface area contributed by atoms with E-state index < -0.39 is 0 Å². The zero-order valence-electron chi connectivity index (χ0n) is 27.3. The van der Waals surface area contributed by atoms with E-state index in [4.69, 9.17) is 19.9 Å². The average molecular weight is 673 g/mol. The van der Waals surface area contributed by atoms with Crippen LogP contribution < -0.4 is 4.90 Å². The van der Waals surface area contributed by atoms with E-state index in [0.29, 0.717) is 17.6 Å². The van der Waals surface area contributed by atoms with E-state index in [2.05, 4.69) is 125 Å². The normalized spacial score (nSPS) is 15.2. The minimum absolute atomic E-state index is 0.0241. The lowest BCUT2D eigenvalue weighted by atomic mass is 9.95. The summed E-state index contributed by atoms with van der Waals surface area (Å²) in [6.45, 7) is 0. The van der Waals surface area contributed by atoms with Gasteiger partial charge in [0.2, 0.25) is 5.95 Å². The second kappa shape index (κ2) is 11.0. The molecule has 0 N–H and O–H groups in total. The van der Waals surface area contributed by atoms with Crippen molar-refractivity contribution < 1.29 is 0 Å². The Morgan fingerprint density at radius 1 is 0.608 bits per heavy atom. The Labute approximate surface area is 297 Å². The van der Waals surface area contributed by atoms with Crippen LogP contribution in [-0.2, 0) is 0 Å². The molecule has 9 aromatic rings. The number of hydrogen-bond donors (Lipinski definition) is 0. The predicted octanol–water partition coefficient (Wildman–Crippen LogP) is 10.9. The van der Waals surface area contributed by atoms with Crippen LogP contribution in [0.2, 0.25) is 0 Å². The molecule has 0 spiro atoms. The predicted molar refractivity (Wildman–Crippen MR) is 210 cm³/mol. The second-order valence-corrected chi connectivity index (χ2v) is 14.0. The van der Waals surface area contributed by atoms with Gasteiger partial charge in [-0.05, 0) is 29.5 Å². The van der Waals surface area contributed by atoms with Crippen molar-refractivity contribution in [3.05, 3.63) is 157 Å². The Hall–Kier alpha value is -6.44. The summed E-state index contributed by atoms with van der Waals surface area (Å²) in [5.41, 5.74) is 8.71. The maximum Gasteiger partial charge on any atom is 0.234 e. The fourth-order valence-electron chi connectivity index (χ4n) is 7.89. The van der Waals surface area contributed by atoms with Crippen LogP contribution in [0, 0.1) is 0 Å². The molecule has 0 radical (unpaired) electrons. The van der Waals surface area contributed by atoms with Crippen molar-refractivity contribution in [2.24, 2.45) is 0 Å². The number of hydrogen-bond acceptors (Lipinski definition) is 6. The third-order valence-electron chi connectivity index (χ3n) is 10.2. The van der Waals surface area contributed by atoms with Crippen LogP contribution in [0.5, 0.6) is 0 Å². The van der Waals surface area contributed by atoms with Crippen molar-refractivity contribution in [2.45, 2.75) is 12.5 Å². The van der Waals surface area contributed by atoms with Gasteiger partial charge in [-0.2, -0.15) is 9.97 Å². The molecule has 4 heterocycles. The van der Waals surface area contributed by atoms with E-state index in [1.54, 1.807) is 11.3 Å². The highest BCUT2D eigenvalue weighted by Crippen LogP contribution is 2.52. The third kappa shape index (κ3) is 4.28. The standard InChI is InChI=1S/C44H28N6S/c1-3-14-28(15-4-1)41-46-42(29-16-5-2-6-17-29)48-43(47-41)49-35-21-11-9-19-31(35)33-24-25-34-32-20-10-12-22-36(32)50(40(34)39(33)49)44-45-38-30-18-8-7-13-27(30)23-26-37(38)51-44/h1-20,22-26,35H,21H2. The summed E-state index contributed by atoms with van der Waals surface area (Å²) in [6.07, 6.45) is 7.51. The van der Waals surface area contributed by atoms with Crippen LogP contribution in [0.15, 0.2) is 152 Å². The number of benzene rings is 6. The van der Waals surface area contributed by atoms with Gasteiger partial charge < -0.3 is 0 Å². The molecule has 1 unspecified atom stereocenters. The molecule has 2 aliphatic rings. The summed E-state index contributed by atoms with van der Waals surface area (Å²) < 4.78 is 3.54. The van der Waals surface area contributed by atoms with Gasteiger partial charge >= 0.3 is 0 Å². The lowest BCUT2D eigenvalue weighted by Crippen LogP contribution is -2.29. The first kappa shape index (κ1) is 28.4. The average Bonchev–Trinajstić information content (AvgIpc) is 3.89. The number of para-hydroxylation sites is 1. The Balaban J connectivity index is 1.23. The molecule has 1 atom stereocenters. The van der Waals surface area contributed by atoms with Crippen molar-refractivity contribution in [3.63, 3.8) is 0 Å². The molecule has 6 nitrogen and oxygen atoms in total. The fourth-order valence-corrected chi connectivity index (χ4v) is 8.90. The minimum Gasteiger partial charge on any atom is -0.300 e. The van der Waals surface area contributed by atoms with Gasteiger partial charge in [0, 0.05) is 32.8 Å². The largest absolute Gasteiger partial charge is 0.300 e. The summed E-state index contributed by atoms with van der Waals surface area (Å²) in [4.78, 5) is 23.3. The molecule has 6 aromatic carbocycles. The SMILES string of the molecule is C1=CCC2C(=C1)c1ccc3c4ccccc4n(-c4nc5c(ccc6ccccc65)s4)c3c1N2c1nc(-c2ccccc2)nc(-c2ccccc2)n1. The highest BCUT2D eigenvalue weighted by Gasteiger charge is 2.40. The molecule has 0 fully saturated rings. The quantitative estimate of drug-likeness (QED) is 0.186. The molecule has 1 aliphatic heterocycles. The molecule has 11 rings (SSSR count). The topological polar surface area (TPSA) is 59.7 Å². The molecule has 0 saturated carbocycles. The molecule has 51 heavy (non-hydrogen) atoms. The van der Waals surface area contributed by atoms with Crippen molar-refractivity contribution in [1.82, 2.24) is 24.5 Å². The Bertz CT molecular complexity index is 2850. The molecule has 0 saturated heterocycles. The van der Waals surface area contributed by atoms with Gasteiger partial charge in [-0.3, -0.25) is 9.47 Å². The van der Waals surface area contributed by atoms with Crippen LogP contribution in [0.4, 0.5) is 11.6 Å². The lowest BCUT2D eigenvalue weighted by Gasteiger charge is -2.27. The van der Waals surface area contributed by atoms with E-state index in [0.717, 1.165) is 49.6 Å². The van der Waals surface area contributed by atoms with Crippen LogP contribution in [0.1, 0.15) is 12.0 Å². The van der Waals surface area contributed by atoms with Gasteiger partial charge in [0.1, 0.15) is 0 Å². The molecular formula is C44H28N6S. The highest BCUT2D eigenvalue weighted by atomic mass is 32.1. The molecule has 240 valence electrons. The smallest absolute Gasteiger partial charge is 0.234 e. The van der Waals surface area contributed by atoms with E-state index >= 15 is 0 Å². The van der Waals surface area contributed by atoms with Crippen LogP contribution in [0.25, 0.3) is 76.3 Å². The molecule has 0 amide bonds. The molecule has 3 aromatic heterocycles. The minimum atomic E-state index is 0.0241. The third-order valence-corrected chi connectivity index (χ3v) is 11.2. The van der Waals surface area contributed by atoms with Crippen molar-refractivity contribution in [3.8, 4) is 27.9 Å². The summed E-state index contributed by atoms with van der Waals surface area (Å²) in [5, 5.41) is 5.66. The number of fused-ring (bicyclic) bond motifs is 10. The van der Waals surface area contributed by atoms with Gasteiger partial charge in [-0.1, -0.05) is 151 Å². The Kier molecular flexibility index (Phi) is 6.15. The fraction of sp³-hybridized carbons (Fsp3) is 0.0455. The lowest BCUT2D eigenvalue weighted by molar-refractivity contribution is 0.798. The summed E-state index contributed by atoms with van der Waals surface area (Å²) in [7, 11) is 0. The zero-order valence-corrected chi connectivity index (χ0v) is 28.1. The van der Waals surface area contributed by atoms with Gasteiger partial charge in [0.05, 0.1) is 33.0 Å². The van der Waals surface area contributed by atoms with Crippen molar-refractivity contribution in [2.75, 3.05) is 4.90 Å². The Morgan fingerprint density at radius 3 is 2.10 bits per heavy atom. The summed E-state index contributed by atoms with van der Waals surface area (Å²) in [5.74, 6) is 1.93. The van der Waals surface area contributed by atoms with Gasteiger partial charge in [-0.15, -0.1) is 0 Å². The van der Waals surface area contributed by atoms with Crippen molar-refractivity contribution in [1.29, 1.82) is 0 Å². The molecule has 0 bridgehead atoms. The monoisotopic (exact) mass is 672 g/mol. The van der Waals surface area contributed by atoms with E-state index in [-0.39, 0.29) is 6.04 Å². The Morgan fingerprint density at radius 2 is 1.31 bits per heavy atom. The summed E-state index contributed by atoms with van der Waals surface area (Å²) in [6, 6.07) is 46.6. The van der Waals surface area contributed by atoms with Gasteiger partial charge in [0.25, 0.3) is 0 Å². The van der Waals surface area contributed by atoms with E-state index in [9.17, 15) is 0 Å². The number of rotatable bonds is 4. The number of aromatic nitrogens is 5. The van der Waals surface area contributed by atoms with Crippen molar-refractivity contribution >= 4 is 71.3 Å². The second-order valence-electron chi connectivity index (χ2n) is 13.0. The van der Waals surface area contributed by atoms with E-state index in [1.165, 1.54) is 32.7 Å². The maximum absolute atomic E-state index is 5.40. The number of allylic oxidation sites excluding steroid dienone is 2. The van der Waals surface area contributed by atoms with Crippen LogP contribution >= 0.6 is 11.3 Å². The first-order chi connectivity index (χ1) is 25.3. The summed E-state index contributed by atoms with van der Waals surface area (Å²) >= 11 is 1.73. The highest BCUT2D eigenvalue weighted by molar-refractivity contribution is 7.21. The van der Waals surface area contributed by atoms with Gasteiger partial charge in [-0.25, -0.2) is 9.97 Å². The molecule has 7 heteroatoms. The number of nitrogens with zero attached hydrogens (tertiary/aromatic N) is 6. The number of anilines is 2. The van der Waals surface area contributed by atoms with Crippen LogP contribution in [-0.4, -0.2) is 30.5 Å². The van der Waals surface area contributed by atoms with Crippen LogP contribution in [0.3, 0.4) is 0 Å². The zero-order chi connectivity index (χ0) is 33.5. The van der Waals surface area contributed by atoms with Gasteiger partial charge in [0.15, 0.2) is 16.8 Å². The number of thiazole rings is 1. The first-order valence-electron chi connectivity index (χ1n) is 17.2. The van der Waals surface area contributed by atoms with E-state index in [1.807, 2.05) is 36.4 Å².